The molecule has 0 unspecified atom stereocenters. The molecular formula is C37H24ClNO. The topological polar surface area (TPSA) is 21.3 Å². The third-order valence-corrected chi connectivity index (χ3v) is 8.53. The molecule has 0 radical (unpaired) electrons. The van der Waals surface area contributed by atoms with Crippen LogP contribution in [0.3, 0.4) is 0 Å². The number of benzene rings is 6. The van der Waals surface area contributed by atoms with Gasteiger partial charge in [-0.05, 0) is 58.1 Å². The highest BCUT2D eigenvalue weighted by molar-refractivity contribution is 6.33. The quantitative estimate of drug-likeness (QED) is 0.244. The summed E-state index contributed by atoms with van der Waals surface area (Å²) in [6, 6.07) is 48.7. The van der Waals surface area contributed by atoms with Crippen molar-refractivity contribution in [2.24, 2.45) is 0 Å². The van der Waals surface area contributed by atoms with Gasteiger partial charge in [0, 0.05) is 22.4 Å². The molecule has 0 bridgehead atoms. The van der Waals surface area contributed by atoms with E-state index in [4.69, 9.17) is 16.3 Å². The maximum absolute atomic E-state index is 6.88. The minimum absolute atomic E-state index is 0.490. The Morgan fingerprint density at radius 1 is 0.500 bits per heavy atom. The number of rotatable bonds is 3. The van der Waals surface area contributed by atoms with E-state index in [1.165, 1.54) is 22.3 Å². The summed E-state index contributed by atoms with van der Waals surface area (Å²) in [6.45, 7) is 0. The van der Waals surface area contributed by atoms with Crippen LogP contribution in [-0.2, 0) is 5.41 Å². The highest BCUT2D eigenvalue weighted by atomic mass is 35.5. The minimum Gasteiger partial charge on any atom is -0.457 e. The average molecular weight is 534 g/mol. The van der Waals surface area contributed by atoms with Gasteiger partial charge in [-0.25, -0.2) is 0 Å². The fourth-order valence-corrected chi connectivity index (χ4v) is 6.81. The zero-order chi connectivity index (χ0) is 26.7. The van der Waals surface area contributed by atoms with Gasteiger partial charge in [0.05, 0.1) is 16.1 Å². The van der Waals surface area contributed by atoms with Crippen molar-refractivity contribution in [2.45, 2.75) is 5.41 Å². The molecule has 0 fully saturated rings. The summed E-state index contributed by atoms with van der Waals surface area (Å²) in [4.78, 5) is 0. The Labute approximate surface area is 238 Å². The zero-order valence-corrected chi connectivity index (χ0v) is 22.3. The van der Waals surface area contributed by atoms with E-state index < -0.39 is 5.41 Å². The van der Waals surface area contributed by atoms with E-state index in [2.05, 4.69) is 108 Å². The lowest BCUT2D eigenvalue weighted by Gasteiger charge is -2.39. The van der Waals surface area contributed by atoms with Crippen LogP contribution in [0, 0.1) is 0 Å². The van der Waals surface area contributed by atoms with Crippen LogP contribution in [0.2, 0.25) is 5.02 Å². The number of hydrogen-bond acceptors (Lipinski definition) is 2. The molecule has 6 aromatic carbocycles. The zero-order valence-electron chi connectivity index (χ0n) is 21.6. The van der Waals surface area contributed by atoms with Gasteiger partial charge < -0.3 is 10.1 Å². The van der Waals surface area contributed by atoms with Gasteiger partial charge in [0.1, 0.15) is 11.5 Å². The van der Waals surface area contributed by atoms with Crippen LogP contribution in [0.25, 0.3) is 22.3 Å². The molecule has 6 aromatic rings. The maximum Gasteiger partial charge on any atom is 0.132 e. The second kappa shape index (κ2) is 8.87. The summed E-state index contributed by atoms with van der Waals surface area (Å²) in [5, 5.41) is 4.38. The van der Waals surface area contributed by atoms with E-state index in [0.717, 1.165) is 45.1 Å². The first-order valence-corrected chi connectivity index (χ1v) is 13.8. The van der Waals surface area contributed by atoms with Gasteiger partial charge in [0.15, 0.2) is 0 Å². The first-order chi connectivity index (χ1) is 19.7. The van der Waals surface area contributed by atoms with Crippen molar-refractivity contribution in [3.63, 3.8) is 0 Å². The molecule has 2 nitrogen and oxygen atoms in total. The van der Waals surface area contributed by atoms with E-state index in [-0.39, 0.29) is 0 Å². The molecule has 190 valence electrons. The van der Waals surface area contributed by atoms with Gasteiger partial charge in [-0.1, -0.05) is 121 Å². The smallest absolute Gasteiger partial charge is 0.132 e. The van der Waals surface area contributed by atoms with Crippen LogP contribution in [0.4, 0.5) is 11.4 Å². The molecule has 8 rings (SSSR count). The second-order valence-electron chi connectivity index (χ2n) is 10.3. The molecule has 1 heterocycles. The lowest BCUT2D eigenvalue weighted by molar-refractivity contribution is 0.436. The third kappa shape index (κ3) is 3.23. The van der Waals surface area contributed by atoms with E-state index in [1.807, 2.05) is 36.4 Å². The largest absolute Gasteiger partial charge is 0.457 e. The monoisotopic (exact) mass is 533 g/mol. The Hall–Kier alpha value is -4.79. The molecule has 0 atom stereocenters. The number of nitrogens with one attached hydrogen (secondary N) is 1. The van der Waals surface area contributed by atoms with E-state index >= 15 is 0 Å². The van der Waals surface area contributed by atoms with E-state index in [9.17, 15) is 0 Å². The van der Waals surface area contributed by atoms with Crippen LogP contribution in [0.1, 0.15) is 22.3 Å². The molecule has 0 amide bonds. The van der Waals surface area contributed by atoms with Crippen molar-refractivity contribution in [3.8, 4) is 33.8 Å². The number of ether oxygens (including phenoxy) is 1. The standard InChI is InChI=1S/C37H24ClNO/c38-31-23-25(24-11-2-1-3-12-24)21-22-32(31)39-33-18-10-17-30-36(33)26-13-4-5-14-27(26)37(30)28-15-6-8-19-34(28)40-35-20-9-7-16-29(35)37/h1-23,39H. The number of halogens is 1. The van der Waals surface area contributed by atoms with Crippen LogP contribution in [0.5, 0.6) is 11.5 Å². The van der Waals surface area contributed by atoms with Crippen molar-refractivity contribution >= 4 is 23.0 Å². The predicted octanol–water partition coefficient (Wildman–Crippen LogP) is 10.2. The van der Waals surface area contributed by atoms with E-state index in [1.54, 1.807) is 0 Å². The van der Waals surface area contributed by atoms with Gasteiger partial charge in [0.2, 0.25) is 0 Å². The van der Waals surface area contributed by atoms with Gasteiger partial charge in [-0.2, -0.15) is 0 Å². The van der Waals surface area contributed by atoms with Gasteiger partial charge in [-0.15, -0.1) is 0 Å². The van der Waals surface area contributed by atoms with Crippen molar-refractivity contribution < 1.29 is 4.74 Å². The van der Waals surface area contributed by atoms with Gasteiger partial charge in [0.25, 0.3) is 0 Å². The lowest BCUT2D eigenvalue weighted by Crippen LogP contribution is -2.32. The van der Waals surface area contributed by atoms with Gasteiger partial charge in [-0.3, -0.25) is 0 Å². The SMILES string of the molecule is Clc1cc(-c2ccccc2)ccc1Nc1cccc2c1-c1ccccc1C21c2ccccc2Oc2ccccc21. The molecular weight excluding hydrogens is 510 g/mol. The summed E-state index contributed by atoms with van der Waals surface area (Å²) in [5.74, 6) is 1.78. The van der Waals surface area contributed by atoms with Gasteiger partial charge >= 0.3 is 0 Å². The first kappa shape index (κ1) is 23.1. The maximum atomic E-state index is 6.88. The third-order valence-electron chi connectivity index (χ3n) is 8.22. The Kier molecular flexibility index (Phi) is 5.13. The van der Waals surface area contributed by atoms with Crippen LogP contribution >= 0.6 is 11.6 Å². The molecule has 1 N–H and O–H groups in total. The summed E-state index contributed by atoms with van der Waals surface area (Å²) >= 11 is 6.88. The highest BCUT2D eigenvalue weighted by Crippen LogP contribution is 2.63. The van der Waals surface area contributed by atoms with Crippen molar-refractivity contribution in [3.05, 3.63) is 167 Å². The van der Waals surface area contributed by atoms with Crippen molar-refractivity contribution in [1.29, 1.82) is 0 Å². The van der Waals surface area contributed by atoms with Crippen LogP contribution in [0.15, 0.2) is 140 Å². The molecule has 1 aliphatic heterocycles. The molecule has 1 spiro atoms. The fourth-order valence-electron chi connectivity index (χ4n) is 6.58. The number of para-hydroxylation sites is 2. The second-order valence-corrected chi connectivity index (χ2v) is 10.7. The molecule has 0 saturated heterocycles. The van der Waals surface area contributed by atoms with Crippen molar-refractivity contribution in [2.75, 3.05) is 5.32 Å². The number of fused-ring (bicyclic) bond motifs is 9. The Morgan fingerprint density at radius 2 is 1.12 bits per heavy atom. The molecule has 2 aliphatic rings. The average Bonchev–Trinajstić information content (AvgIpc) is 3.30. The summed E-state index contributed by atoms with van der Waals surface area (Å²) in [5.41, 5.74) is 10.8. The molecule has 0 saturated carbocycles. The number of hydrogen-bond donors (Lipinski definition) is 1. The van der Waals surface area contributed by atoms with Crippen LogP contribution in [-0.4, -0.2) is 0 Å². The summed E-state index contributed by atoms with van der Waals surface area (Å²) < 4.78 is 6.45. The number of anilines is 2. The van der Waals surface area contributed by atoms with Crippen LogP contribution < -0.4 is 10.1 Å². The predicted molar refractivity (Wildman–Crippen MR) is 164 cm³/mol. The lowest BCUT2D eigenvalue weighted by atomic mass is 9.66. The Balaban J connectivity index is 1.34. The van der Waals surface area contributed by atoms with Crippen molar-refractivity contribution in [1.82, 2.24) is 0 Å². The summed E-state index contributed by atoms with van der Waals surface area (Å²) in [6.07, 6.45) is 0. The molecule has 0 aromatic heterocycles. The highest BCUT2D eigenvalue weighted by Gasteiger charge is 2.51. The summed E-state index contributed by atoms with van der Waals surface area (Å²) in [7, 11) is 0. The minimum atomic E-state index is -0.490. The first-order valence-electron chi connectivity index (χ1n) is 13.5. The normalized spacial score (nSPS) is 13.5. The Bertz CT molecular complexity index is 1880. The molecule has 3 heteroatoms. The molecule has 40 heavy (non-hydrogen) atoms. The van der Waals surface area contributed by atoms with E-state index in [0.29, 0.717) is 5.02 Å². The molecule has 1 aliphatic carbocycles. The Morgan fingerprint density at radius 3 is 1.85 bits per heavy atom. The fraction of sp³-hybridized carbons (Fsp3) is 0.0270.